The van der Waals surface area contributed by atoms with Crippen molar-refractivity contribution in [3.8, 4) is 0 Å². The van der Waals surface area contributed by atoms with Crippen LogP contribution < -0.4 is 4.90 Å². The molecule has 0 N–H and O–H groups in total. The molecule has 0 unspecified atom stereocenters. The highest BCUT2D eigenvalue weighted by atomic mass is 32.2. The molecule has 0 radical (unpaired) electrons. The molecule has 0 bridgehead atoms. The second-order valence-electron chi connectivity index (χ2n) is 8.40. The molecule has 2 fully saturated rings. The number of hydrogen-bond donors (Lipinski definition) is 0. The summed E-state index contributed by atoms with van der Waals surface area (Å²) in [6, 6.07) is 17.0. The standard InChI is InChI=1S/C24H28N2O4S/c1-2-19-10-6-7-11-22(19)26-16-20(14-23(26)27)24(28)25(15-18-8-4-3-5-9-18)21-12-13-31(29,30)17-21/h3-11,20-21H,2,12-17H2,1H3/t20-,21+/m0/s1. The molecular formula is C24H28N2O4S. The van der Waals surface area contributed by atoms with Gasteiger partial charge in [0.25, 0.3) is 0 Å². The summed E-state index contributed by atoms with van der Waals surface area (Å²) in [6.07, 6.45) is 1.41. The molecule has 2 atom stereocenters. The van der Waals surface area contributed by atoms with E-state index in [2.05, 4.69) is 0 Å². The van der Waals surface area contributed by atoms with Crippen molar-refractivity contribution in [2.45, 2.75) is 38.8 Å². The molecule has 7 heteroatoms. The van der Waals surface area contributed by atoms with E-state index in [1.165, 1.54) is 0 Å². The van der Waals surface area contributed by atoms with Gasteiger partial charge in [-0.1, -0.05) is 55.5 Å². The molecule has 0 aromatic heterocycles. The Labute approximate surface area is 183 Å². The molecule has 2 aliphatic rings. The largest absolute Gasteiger partial charge is 0.334 e. The molecule has 0 saturated carbocycles. The van der Waals surface area contributed by atoms with Crippen molar-refractivity contribution in [3.63, 3.8) is 0 Å². The molecule has 2 aliphatic heterocycles. The Bertz CT molecular complexity index is 1070. The first-order valence-corrected chi connectivity index (χ1v) is 12.6. The highest BCUT2D eigenvalue weighted by Gasteiger charge is 2.41. The van der Waals surface area contributed by atoms with Crippen molar-refractivity contribution in [1.82, 2.24) is 4.90 Å². The summed E-state index contributed by atoms with van der Waals surface area (Å²) in [5, 5.41) is 0. The molecule has 164 valence electrons. The molecule has 0 aliphatic carbocycles. The molecule has 2 aromatic carbocycles. The number of rotatable bonds is 6. The predicted octanol–water partition coefficient (Wildman–Crippen LogP) is 2.82. The van der Waals surface area contributed by atoms with Crippen molar-refractivity contribution in [2.24, 2.45) is 5.92 Å². The zero-order chi connectivity index (χ0) is 22.0. The van der Waals surface area contributed by atoms with Gasteiger partial charge < -0.3 is 9.80 Å². The van der Waals surface area contributed by atoms with Crippen molar-refractivity contribution in [2.75, 3.05) is 23.0 Å². The van der Waals surface area contributed by atoms with E-state index in [1.807, 2.05) is 61.5 Å². The number of nitrogens with zero attached hydrogens (tertiary/aromatic N) is 2. The minimum absolute atomic E-state index is 0.00533. The second-order valence-corrected chi connectivity index (χ2v) is 10.6. The predicted molar refractivity (Wildman–Crippen MR) is 120 cm³/mol. The fourth-order valence-electron chi connectivity index (χ4n) is 4.60. The summed E-state index contributed by atoms with van der Waals surface area (Å²) < 4.78 is 24.2. The highest BCUT2D eigenvalue weighted by molar-refractivity contribution is 7.91. The van der Waals surface area contributed by atoms with Crippen LogP contribution in [0.1, 0.15) is 30.9 Å². The Morgan fingerprint density at radius 1 is 1.10 bits per heavy atom. The first-order chi connectivity index (χ1) is 14.9. The summed E-state index contributed by atoms with van der Waals surface area (Å²) in [4.78, 5) is 29.8. The maximum Gasteiger partial charge on any atom is 0.228 e. The SMILES string of the molecule is CCc1ccccc1N1C[C@@H](C(=O)N(Cc2ccccc2)[C@@H]2CCS(=O)(=O)C2)CC1=O. The molecule has 6 nitrogen and oxygen atoms in total. The van der Waals surface area contributed by atoms with Crippen LogP contribution in [0.25, 0.3) is 0 Å². The molecule has 0 spiro atoms. The summed E-state index contributed by atoms with van der Waals surface area (Å²) in [6.45, 7) is 2.74. The normalized spacial score (nSPS) is 22.6. The van der Waals surface area contributed by atoms with Gasteiger partial charge in [0.05, 0.1) is 17.4 Å². The quantitative estimate of drug-likeness (QED) is 0.692. The minimum atomic E-state index is -3.13. The molecule has 2 heterocycles. The van der Waals surface area contributed by atoms with Crippen LogP contribution in [-0.4, -0.2) is 49.2 Å². The zero-order valence-electron chi connectivity index (χ0n) is 17.7. The Hall–Kier alpha value is -2.67. The molecule has 4 rings (SSSR count). The average Bonchev–Trinajstić information content (AvgIpc) is 3.34. The lowest BCUT2D eigenvalue weighted by Gasteiger charge is -2.31. The van der Waals surface area contributed by atoms with Gasteiger partial charge in [-0.2, -0.15) is 0 Å². The van der Waals surface area contributed by atoms with E-state index < -0.39 is 15.8 Å². The minimum Gasteiger partial charge on any atom is -0.334 e. The van der Waals surface area contributed by atoms with E-state index in [4.69, 9.17) is 0 Å². The van der Waals surface area contributed by atoms with E-state index in [0.717, 1.165) is 23.2 Å². The van der Waals surface area contributed by atoms with Crippen molar-refractivity contribution >= 4 is 27.3 Å². The third-order valence-electron chi connectivity index (χ3n) is 6.27. The van der Waals surface area contributed by atoms with Crippen LogP contribution in [0.5, 0.6) is 0 Å². The average molecular weight is 441 g/mol. The first kappa shape index (κ1) is 21.6. The lowest BCUT2D eigenvalue weighted by atomic mass is 10.0. The second kappa shape index (κ2) is 8.83. The monoisotopic (exact) mass is 440 g/mol. The van der Waals surface area contributed by atoms with Gasteiger partial charge in [-0.25, -0.2) is 8.42 Å². The number of carbonyl (C=O) groups is 2. The first-order valence-electron chi connectivity index (χ1n) is 10.8. The molecule has 2 amide bonds. The van der Waals surface area contributed by atoms with Gasteiger partial charge in [0.2, 0.25) is 11.8 Å². The molecule has 31 heavy (non-hydrogen) atoms. The number of aryl methyl sites for hydroxylation is 1. The van der Waals surface area contributed by atoms with Crippen LogP contribution in [0, 0.1) is 5.92 Å². The highest BCUT2D eigenvalue weighted by Crippen LogP contribution is 2.31. The number of para-hydroxylation sites is 1. The third kappa shape index (κ3) is 4.66. The van der Waals surface area contributed by atoms with Gasteiger partial charge in [-0.3, -0.25) is 9.59 Å². The van der Waals surface area contributed by atoms with E-state index in [9.17, 15) is 18.0 Å². The summed E-state index contributed by atoms with van der Waals surface area (Å²) >= 11 is 0. The Morgan fingerprint density at radius 2 is 1.81 bits per heavy atom. The number of carbonyl (C=O) groups excluding carboxylic acids is 2. The maximum absolute atomic E-state index is 13.6. The van der Waals surface area contributed by atoms with Crippen molar-refractivity contribution in [1.29, 1.82) is 0 Å². The van der Waals surface area contributed by atoms with E-state index >= 15 is 0 Å². The molecular weight excluding hydrogens is 412 g/mol. The van der Waals surface area contributed by atoms with Gasteiger partial charge in [0.15, 0.2) is 9.84 Å². The van der Waals surface area contributed by atoms with Gasteiger partial charge >= 0.3 is 0 Å². The van der Waals surface area contributed by atoms with E-state index in [-0.39, 0.29) is 35.8 Å². The third-order valence-corrected chi connectivity index (χ3v) is 8.02. The Morgan fingerprint density at radius 3 is 2.48 bits per heavy atom. The zero-order valence-corrected chi connectivity index (χ0v) is 18.6. The Balaban J connectivity index is 1.57. The number of sulfone groups is 1. The van der Waals surface area contributed by atoms with Crippen molar-refractivity contribution in [3.05, 3.63) is 65.7 Å². The fourth-order valence-corrected chi connectivity index (χ4v) is 6.33. The van der Waals surface area contributed by atoms with Crippen LogP contribution in [0.2, 0.25) is 0 Å². The van der Waals surface area contributed by atoms with Crippen LogP contribution in [-0.2, 0) is 32.4 Å². The van der Waals surface area contributed by atoms with E-state index in [0.29, 0.717) is 19.5 Å². The number of amides is 2. The summed E-state index contributed by atoms with van der Waals surface area (Å²) in [7, 11) is -3.13. The van der Waals surface area contributed by atoms with Gasteiger partial charge in [0.1, 0.15) is 0 Å². The van der Waals surface area contributed by atoms with Gasteiger partial charge in [-0.15, -0.1) is 0 Å². The smallest absolute Gasteiger partial charge is 0.228 e. The topological polar surface area (TPSA) is 74.8 Å². The lowest BCUT2D eigenvalue weighted by Crippen LogP contribution is -2.44. The number of benzene rings is 2. The summed E-state index contributed by atoms with van der Waals surface area (Å²) in [5.74, 6) is -0.553. The Kier molecular flexibility index (Phi) is 6.14. The molecule has 2 aromatic rings. The molecule has 2 saturated heterocycles. The number of hydrogen-bond acceptors (Lipinski definition) is 4. The summed E-state index contributed by atoms with van der Waals surface area (Å²) in [5.41, 5.74) is 2.90. The van der Waals surface area contributed by atoms with E-state index in [1.54, 1.807) is 9.80 Å². The van der Waals surface area contributed by atoms with Crippen molar-refractivity contribution < 1.29 is 18.0 Å². The lowest BCUT2D eigenvalue weighted by molar-refractivity contribution is -0.138. The number of anilines is 1. The van der Waals surface area contributed by atoms with Gasteiger partial charge in [-0.05, 0) is 30.0 Å². The van der Waals surface area contributed by atoms with Crippen LogP contribution >= 0.6 is 0 Å². The van der Waals surface area contributed by atoms with Crippen LogP contribution in [0.4, 0.5) is 5.69 Å². The maximum atomic E-state index is 13.6. The van der Waals surface area contributed by atoms with Crippen LogP contribution in [0.15, 0.2) is 54.6 Å². The van der Waals surface area contributed by atoms with Crippen LogP contribution in [0.3, 0.4) is 0 Å². The van der Waals surface area contributed by atoms with Gasteiger partial charge in [0, 0.05) is 31.2 Å². The fraction of sp³-hybridized carbons (Fsp3) is 0.417.